The van der Waals surface area contributed by atoms with E-state index in [0.29, 0.717) is 5.41 Å². The van der Waals surface area contributed by atoms with Crippen LogP contribution in [-0.2, 0) is 0 Å². The molecule has 0 amide bonds. The van der Waals surface area contributed by atoms with Crippen molar-refractivity contribution in [3.05, 3.63) is 0 Å². The number of rotatable bonds is 5. The predicted molar refractivity (Wildman–Crippen MR) is 63.7 cm³/mol. The molecule has 2 rings (SSSR count). The Morgan fingerprint density at radius 2 is 2.29 bits per heavy atom. The molecule has 1 saturated carbocycles. The molecule has 0 spiro atoms. The number of hydrogen-bond donors (Lipinski definition) is 1. The molecule has 1 unspecified atom stereocenters. The first kappa shape index (κ1) is 10.8. The normalized spacial score (nSPS) is 29.8. The summed E-state index contributed by atoms with van der Waals surface area (Å²) >= 11 is 2.10. The summed E-state index contributed by atoms with van der Waals surface area (Å²) in [5, 5.41) is 0. The lowest BCUT2D eigenvalue weighted by atomic mass is 10.0. The van der Waals surface area contributed by atoms with E-state index in [-0.39, 0.29) is 0 Å². The van der Waals surface area contributed by atoms with Crippen molar-refractivity contribution in [3.63, 3.8) is 0 Å². The monoisotopic (exact) mass is 214 g/mol. The van der Waals surface area contributed by atoms with Gasteiger partial charge in [0.15, 0.2) is 0 Å². The Morgan fingerprint density at radius 3 is 2.79 bits per heavy atom. The Morgan fingerprint density at radius 1 is 1.50 bits per heavy atom. The third kappa shape index (κ3) is 2.44. The van der Waals surface area contributed by atoms with Gasteiger partial charge in [0.25, 0.3) is 0 Å². The minimum atomic E-state index is 0.622. The molecule has 2 aliphatic rings. The Bertz CT molecular complexity index is 186. The molecule has 82 valence electrons. The van der Waals surface area contributed by atoms with E-state index in [1.807, 2.05) is 0 Å². The van der Waals surface area contributed by atoms with Gasteiger partial charge in [0.2, 0.25) is 0 Å². The van der Waals surface area contributed by atoms with Crippen LogP contribution in [-0.4, -0.2) is 42.6 Å². The lowest BCUT2D eigenvalue weighted by Crippen LogP contribution is -2.36. The van der Waals surface area contributed by atoms with Crippen molar-refractivity contribution in [2.45, 2.75) is 31.7 Å². The van der Waals surface area contributed by atoms with Crippen molar-refractivity contribution in [2.24, 2.45) is 11.1 Å². The molecular weight excluding hydrogens is 192 g/mol. The number of nitrogens with zero attached hydrogens (tertiary/aromatic N) is 1. The summed E-state index contributed by atoms with van der Waals surface area (Å²) in [6.45, 7) is 2.16. The molecule has 1 heterocycles. The highest BCUT2D eigenvalue weighted by Crippen LogP contribution is 2.49. The topological polar surface area (TPSA) is 29.3 Å². The van der Waals surface area contributed by atoms with Crippen molar-refractivity contribution in [1.29, 1.82) is 0 Å². The summed E-state index contributed by atoms with van der Waals surface area (Å²) in [4.78, 5) is 2.59. The number of thioether (sulfide) groups is 1. The molecule has 1 aliphatic heterocycles. The van der Waals surface area contributed by atoms with E-state index in [2.05, 4.69) is 23.7 Å². The summed E-state index contributed by atoms with van der Waals surface area (Å²) in [6.07, 6.45) is 5.44. The summed E-state index contributed by atoms with van der Waals surface area (Å²) in [5.74, 6) is 2.70. The fraction of sp³-hybridized carbons (Fsp3) is 1.00. The molecular formula is C11H22N2S. The van der Waals surface area contributed by atoms with Crippen molar-refractivity contribution in [1.82, 2.24) is 4.90 Å². The Balaban J connectivity index is 1.78. The van der Waals surface area contributed by atoms with Crippen molar-refractivity contribution < 1.29 is 0 Å². The summed E-state index contributed by atoms with van der Waals surface area (Å²) < 4.78 is 0. The first-order chi connectivity index (χ1) is 6.76. The number of hydrogen-bond acceptors (Lipinski definition) is 3. The van der Waals surface area contributed by atoms with Gasteiger partial charge in [-0.2, -0.15) is 11.8 Å². The Labute approximate surface area is 91.6 Å². The molecule has 0 aromatic rings. The number of nitrogens with two attached hydrogens (primary N) is 1. The van der Waals surface area contributed by atoms with Crippen molar-refractivity contribution in [3.8, 4) is 0 Å². The van der Waals surface area contributed by atoms with Crippen LogP contribution in [0.5, 0.6) is 0 Å². The maximum absolute atomic E-state index is 5.66. The molecule has 1 aliphatic carbocycles. The van der Waals surface area contributed by atoms with E-state index in [1.54, 1.807) is 0 Å². The van der Waals surface area contributed by atoms with Gasteiger partial charge in [0.1, 0.15) is 0 Å². The molecule has 0 aromatic carbocycles. The largest absolute Gasteiger partial charge is 0.330 e. The molecule has 2 nitrogen and oxygen atoms in total. The van der Waals surface area contributed by atoms with Crippen LogP contribution in [0.2, 0.25) is 0 Å². The third-order valence-corrected chi connectivity index (χ3v) is 4.89. The zero-order valence-electron chi connectivity index (χ0n) is 9.17. The van der Waals surface area contributed by atoms with E-state index in [9.17, 15) is 0 Å². The first-order valence-corrected chi connectivity index (χ1v) is 6.89. The SMILES string of the molecule is CN(CC1(CCN)CC1)C1CCSC1. The van der Waals surface area contributed by atoms with Gasteiger partial charge in [0, 0.05) is 18.3 Å². The lowest BCUT2D eigenvalue weighted by molar-refractivity contribution is 0.205. The summed E-state index contributed by atoms with van der Waals surface area (Å²) in [6, 6.07) is 0.843. The first-order valence-electron chi connectivity index (χ1n) is 5.74. The zero-order chi connectivity index (χ0) is 10.0. The second-order valence-electron chi connectivity index (χ2n) is 4.97. The average molecular weight is 214 g/mol. The second-order valence-corrected chi connectivity index (χ2v) is 6.12. The van der Waals surface area contributed by atoms with E-state index in [0.717, 1.165) is 12.6 Å². The van der Waals surface area contributed by atoms with E-state index >= 15 is 0 Å². The van der Waals surface area contributed by atoms with Crippen molar-refractivity contribution >= 4 is 11.8 Å². The van der Waals surface area contributed by atoms with Crippen LogP contribution >= 0.6 is 11.8 Å². The fourth-order valence-corrected chi connectivity index (χ4v) is 3.80. The highest BCUT2D eigenvalue weighted by molar-refractivity contribution is 7.99. The van der Waals surface area contributed by atoms with Gasteiger partial charge in [-0.1, -0.05) is 0 Å². The lowest BCUT2D eigenvalue weighted by Gasteiger charge is -2.28. The van der Waals surface area contributed by atoms with Crippen LogP contribution in [0.1, 0.15) is 25.7 Å². The van der Waals surface area contributed by atoms with Gasteiger partial charge in [-0.25, -0.2) is 0 Å². The second kappa shape index (κ2) is 4.42. The predicted octanol–water partition coefficient (Wildman–Crippen LogP) is 1.55. The Hall–Kier alpha value is 0.270. The van der Waals surface area contributed by atoms with Crippen LogP contribution in [0.4, 0.5) is 0 Å². The average Bonchev–Trinajstić information content (AvgIpc) is 2.70. The molecule has 1 saturated heterocycles. The van der Waals surface area contributed by atoms with Crippen molar-refractivity contribution in [2.75, 3.05) is 31.6 Å². The molecule has 0 aromatic heterocycles. The zero-order valence-corrected chi connectivity index (χ0v) is 9.98. The highest BCUT2D eigenvalue weighted by atomic mass is 32.2. The van der Waals surface area contributed by atoms with E-state index in [4.69, 9.17) is 5.73 Å². The third-order valence-electron chi connectivity index (χ3n) is 3.75. The van der Waals surface area contributed by atoms with Gasteiger partial charge < -0.3 is 10.6 Å². The molecule has 1 atom stereocenters. The van der Waals surface area contributed by atoms with Crippen LogP contribution in [0.15, 0.2) is 0 Å². The van der Waals surface area contributed by atoms with Gasteiger partial charge in [-0.15, -0.1) is 0 Å². The van der Waals surface area contributed by atoms with E-state index in [1.165, 1.54) is 43.7 Å². The van der Waals surface area contributed by atoms with E-state index < -0.39 is 0 Å². The minimum Gasteiger partial charge on any atom is -0.330 e. The standard InChI is InChI=1S/C11H22N2S/c1-13(10-2-7-14-8-10)9-11(3-4-11)5-6-12/h10H,2-9,12H2,1H3. The van der Waals surface area contributed by atoms with Crippen LogP contribution in [0, 0.1) is 5.41 Å². The fourth-order valence-electron chi connectivity index (χ4n) is 2.50. The van der Waals surface area contributed by atoms with Crippen LogP contribution in [0.3, 0.4) is 0 Å². The highest BCUT2D eigenvalue weighted by Gasteiger charge is 2.43. The molecule has 3 heteroatoms. The van der Waals surface area contributed by atoms with Crippen LogP contribution in [0.25, 0.3) is 0 Å². The summed E-state index contributed by atoms with van der Waals surface area (Å²) in [5.41, 5.74) is 6.28. The quantitative estimate of drug-likeness (QED) is 0.753. The molecule has 0 bridgehead atoms. The van der Waals surface area contributed by atoms with Gasteiger partial charge in [0.05, 0.1) is 0 Å². The summed E-state index contributed by atoms with van der Waals surface area (Å²) in [7, 11) is 2.30. The van der Waals surface area contributed by atoms with Gasteiger partial charge >= 0.3 is 0 Å². The molecule has 2 N–H and O–H groups in total. The maximum atomic E-state index is 5.66. The van der Waals surface area contributed by atoms with Gasteiger partial charge in [-0.05, 0) is 50.4 Å². The molecule has 14 heavy (non-hydrogen) atoms. The minimum absolute atomic E-state index is 0.622. The Kier molecular flexibility index (Phi) is 3.40. The molecule has 0 radical (unpaired) electrons. The maximum Gasteiger partial charge on any atom is 0.0191 e. The van der Waals surface area contributed by atoms with Crippen LogP contribution < -0.4 is 5.73 Å². The molecule has 2 fully saturated rings. The smallest absolute Gasteiger partial charge is 0.0191 e. The van der Waals surface area contributed by atoms with Gasteiger partial charge in [-0.3, -0.25) is 0 Å².